The maximum absolute atomic E-state index is 6.67. The molecule has 1 atom stereocenters. The molecule has 0 spiro atoms. The zero-order valence-corrected chi connectivity index (χ0v) is 15.0. The minimum Gasteiger partial charge on any atom is -0.402 e. The SMILES string of the molecule is CNCC(O[Si](c1ccccc1)c1ccccc1)C(C)(C)C. The van der Waals surface area contributed by atoms with Gasteiger partial charge in [-0.15, -0.1) is 0 Å². The van der Waals surface area contributed by atoms with Crippen LogP contribution in [0.3, 0.4) is 0 Å². The zero-order chi connectivity index (χ0) is 16.0. The summed E-state index contributed by atoms with van der Waals surface area (Å²) >= 11 is 0. The second kappa shape index (κ2) is 7.72. The van der Waals surface area contributed by atoms with Crippen molar-refractivity contribution in [3.8, 4) is 0 Å². The molecule has 22 heavy (non-hydrogen) atoms. The van der Waals surface area contributed by atoms with E-state index in [1.807, 2.05) is 7.05 Å². The summed E-state index contributed by atoms with van der Waals surface area (Å²) in [5.41, 5.74) is 0.0997. The maximum Gasteiger partial charge on any atom is 0.283 e. The topological polar surface area (TPSA) is 21.3 Å². The van der Waals surface area contributed by atoms with Gasteiger partial charge in [0.2, 0.25) is 0 Å². The highest BCUT2D eigenvalue weighted by Gasteiger charge is 2.30. The zero-order valence-electron chi connectivity index (χ0n) is 14.0. The third-order valence-corrected chi connectivity index (χ3v) is 5.92. The molecule has 0 aliphatic rings. The first kappa shape index (κ1) is 16.9. The van der Waals surface area contributed by atoms with E-state index in [1.165, 1.54) is 10.4 Å². The summed E-state index contributed by atoms with van der Waals surface area (Å²) in [6, 6.07) is 21.2. The summed E-state index contributed by atoms with van der Waals surface area (Å²) in [6.45, 7) is 7.58. The first-order chi connectivity index (χ1) is 10.5. The molecule has 0 bridgehead atoms. The molecule has 1 unspecified atom stereocenters. The molecule has 0 aromatic heterocycles. The average Bonchev–Trinajstić information content (AvgIpc) is 2.52. The number of hydrogen-bond acceptors (Lipinski definition) is 2. The number of likely N-dealkylation sites (N-methyl/N-ethyl adjacent to an activating group) is 1. The normalized spacial score (nSPS) is 13.3. The van der Waals surface area contributed by atoms with Gasteiger partial charge in [0.15, 0.2) is 0 Å². The first-order valence-electron chi connectivity index (χ1n) is 7.81. The summed E-state index contributed by atoms with van der Waals surface area (Å²) < 4.78 is 6.67. The van der Waals surface area contributed by atoms with Gasteiger partial charge in [0.05, 0.1) is 6.10 Å². The van der Waals surface area contributed by atoms with Crippen molar-refractivity contribution in [3.05, 3.63) is 60.7 Å². The third kappa shape index (κ3) is 4.53. The van der Waals surface area contributed by atoms with Gasteiger partial charge < -0.3 is 9.74 Å². The van der Waals surface area contributed by atoms with Crippen LogP contribution in [0.15, 0.2) is 60.7 Å². The smallest absolute Gasteiger partial charge is 0.283 e. The van der Waals surface area contributed by atoms with Crippen LogP contribution in [0.5, 0.6) is 0 Å². The van der Waals surface area contributed by atoms with Gasteiger partial charge in [-0.3, -0.25) is 0 Å². The van der Waals surface area contributed by atoms with E-state index in [-0.39, 0.29) is 11.5 Å². The number of rotatable bonds is 6. The van der Waals surface area contributed by atoms with Crippen molar-refractivity contribution < 1.29 is 4.43 Å². The number of nitrogens with one attached hydrogen (secondary N) is 1. The molecule has 0 saturated heterocycles. The summed E-state index contributed by atoms with van der Waals surface area (Å²) in [7, 11) is 0.743. The quantitative estimate of drug-likeness (QED) is 0.827. The van der Waals surface area contributed by atoms with E-state index < -0.39 is 9.04 Å². The standard InChI is InChI=1S/C19H26NOSi/c1-19(2,3)18(15-20-4)21-22(16-11-7-5-8-12-16)17-13-9-6-10-14-17/h5-14,18,20H,15H2,1-4H3. The molecule has 1 N–H and O–H groups in total. The molecule has 2 rings (SSSR count). The minimum atomic E-state index is -1.24. The number of hydrogen-bond donors (Lipinski definition) is 1. The average molecular weight is 313 g/mol. The Hall–Kier alpha value is -1.42. The highest BCUT2D eigenvalue weighted by Crippen LogP contribution is 2.22. The predicted octanol–water partition coefficient (Wildman–Crippen LogP) is 2.44. The lowest BCUT2D eigenvalue weighted by atomic mass is 9.89. The Balaban J connectivity index is 2.33. The van der Waals surface area contributed by atoms with Crippen LogP contribution in [-0.2, 0) is 4.43 Å². The van der Waals surface area contributed by atoms with Gasteiger partial charge in [-0.05, 0) is 22.8 Å². The van der Waals surface area contributed by atoms with Crippen molar-refractivity contribution in [3.63, 3.8) is 0 Å². The molecule has 0 amide bonds. The van der Waals surface area contributed by atoms with Crippen LogP contribution in [0.25, 0.3) is 0 Å². The molecule has 0 heterocycles. The highest BCUT2D eigenvalue weighted by atomic mass is 28.3. The monoisotopic (exact) mass is 312 g/mol. The summed E-state index contributed by atoms with van der Waals surface area (Å²) in [5.74, 6) is 0. The Morgan fingerprint density at radius 2 is 1.36 bits per heavy atom. The van der Waals surface area contributed by atoms with Gasteiger partial charge in [-0.1, -0.05) is 81.4 Å². The molecule has 2 aromatic carbocycles. The first-order valence-corrected chi connectivity index (χ1v) is 9.22. The molecule has 0 fully saturated rings. The fourth-order valence-corrected chi connectivity index (χ4v) is 4.65. The predicted molar refractivity (Wildman–Crippen MR) is 96.2 cm³/mol. The van der Waals surface area contributed by atoms with Gasteiger partial charge >= 0.3 is 0 Å². The van der Waals surface area contributed by atoms with Gasteiger partial charge in [-0.2, -0.15) is 0 Å². The molecule has 0 aliphatic heterocycles. The minimum absolute atomic E-state index is 0.0997. The van der Waals surface area contributed by atoms with Crippen molar-refractivity contribution in [1.29, 1.82) is 0 Å². The Morgan fingerprint density at radius 3 is 1.73 bits per heavy atom. The van der Waals surface area contributed by atoms with Crippen LogP contribution in [0.4, 0.5) is 0 Å². The second-order valence-electron chi connectivity index (χ2n) is 6.59. The van der Waals surface area contributed by atoms with Crippen LogP contribution in [-0.4, -0.2) is 28.7 Å². The summed E-state index contributed by atoms with van der Waals surface area (Å²) in [4.78, 5) is 0. The lowest BCUT2D eigenvalue weighted by molar-refractivity contribution is 0.0906. The van der Waals surface area contributed by atoms with E-state index in [9.17, 15) is 0 Å². The number of benzene rings is 2. The van der Waals surface area contributed by atoms with Crippen molar-refractivity contribution in [2.75, 3.05) is 13.6 Å². The lowest BCUT2D eigenvalue weighted by Gasteiger charge is -2.34. The van der Waals surface area contributed by atoms with E-state index in [0.717, 1.165) is 6.54 Å². The molecule has 0 saturated carbocycles. The second-order valence-corrected chi connectivity index (χ2v) is 8.64. The van der Waals surface area contributed by atoms with Crippen LogP contribution in [0.1, 0.15) is 20.8 Å². The van der Waals surface area contributed by atoms with E-state index >= 15 is 0 Å². The third-order valence-electron chi connectivity index (χ3n) is 3.69. The molecule has 117 valence electrons. The molecule has 3 heteroatoms. The van der Waals surface area contributed by atoms with E-state index in [4.69, 9.17) is 4.43 Å². The van der Waals surface area contributed by atoms with Gasteiger partial charge in [0.1, 0.15) is 0 Å². The fraction of sp³-hybridized carbons (Fsp3) is 0.368. The van der Waals surface area contributed by atoms with Crippen LogP contribution in [0, 0.1) is 5.41 Å². The van der Waals surface area contributed by atoms with E-state index in [0.29, 0.717) is 0 Å². The van der Waals surface area contributed by atoms with Gasteiger partial charge in [0, 0.05) is 6.54 Å². The molecular weight excluding hydrogens is 286 g/mol. The van der Waals surface area contributed by atoms with Crippen molar-refractivity contribution >= 4 is 19.4 Å². The van der Waals surface area contributed by atoms with E-state index in [2.05, 4.69) is 86.8 Å². The molecule has 1 radical (unpaired) electrons. The molecule has 2 aromatic rings. The van der Waals surface area contributed by atoms with Gasteiger partial charge in [-0.25, -0.2) is 0 Å². The van der Waals surface area contributed by atoms with Crippen molar-refractivity contribution in [2.45, 2.75) is 26.9 Å². The Morgan fingerprint density at radius 1 is 0.909 bits per heavy atom. The van der Waals surface area contributed by atoms with Crippen LogP contribution >= 0.6 is 0 Å². The van der Waals surface area contributed by atoms with Crippen LogP contribution in [0.2, 0.25) is 0 Å². The lowest BCUT2D eigenvalue weighted by Crippen LogP contribution is -2.51. The Kier molecular flexibility index (Phi) is 5.95. The largest absolute Gasteiger partial charge is 0.402 e. The Labute approximate surface area is 136 Å². The molecule has 2 nitrogen and oxygen atoms in total. The molecular formula is C19H26NOSi. The maximum atomic E-state index is 6.67. The summed E-state index contributed by atoms with van der Waals surface area (Å²) in [6.07, 6.45) is 0.173. The Bertz CT molecular complexity index is 511. The van der Waals surface area contributed by atoms with Crippen molar-refractivity contribution in [2.24, 2.45) is 5.41 Å². The molecule has 0 aliphatic carbocycles. The van der Waals surface area contributed by atoms with Crippen LogP contribution < -0.4 is 15.7 Å². The highest BCUT2D eigenvalue weighted by molar-refractivity contribution is 6.80. The van der Waals surface area contributed by atoms with E-state index in [1.54, 1.807) is 0 Å². The summed E-state index contributed by atoms with van der Waals surface area (Å²) in [5, 5.41) is 5.86. The van der Waals surface area contributed by atoms with Crippen molar-refractivity contribution in [1.82, 2.24) is 5.32 Å². The fourth-order valence-electron chi connectivity index (χ4n) is 2.33. The van der Waals surface area contributed by atoms with Gasteiger partial charge in [0.25, 0.3) is 9.04 Å².